The summed E-state index contributed by atoms with van der Waals surface area (Å²) in [7, 11) is 1.33. The van der Waals surface area contributed by atoms with E-state index in [-0.39, 0.29) is 11.9 Å². The maximum Gasteiger partial charge on any atom is 0.308 e. The number of esters is 1. The Balaban J connectivity index is 2.66. The summed E-state index contributed by atoms with van der Waals surface area (Å²) < 4.78 is 4.59. The van der Waals surface area contributed by atoms with Crippen LogP contribution < -0.4 is 0 Å². The van der Waals surface area contributed by atoms with E-state index in [0.29, 0.717) is 17.5 Å². The van der Waals surface area contributed by atoms with Crippen molar-refractivity contribution in [2.24, 2.45) is 5.92 Å². The number of aliphatic hydroxyl groups excluding tert-OH is 1. The Kier molecular flexibility index (Phi) is 4.68. The lowest BCUT2D eigenvalue weighted by Gasteiger charge is -2.15. The summed E-state index contributed by atoms with van der Waals surface area (Å²) in [5.41, 5.74) is 1.24. The highest BCUT2D eigenvalue weighted by atomic mass is 16.5. The molecule has 90 valence electrons. The van der Waals surface area contributed by atoms with E-state index in [0.717, 1.165) is 0 Å². The van der Waals surface area contributed by atoms with Crippen molar-refractivity contribution in [2.45, 2.75) is 19.4 Å². The number of carbonyl (C=O) groups is 1. The summed E-state index contributed by atoms with van der Waals surface area (Å²) in [6, 6.07) is 8.66. The fraction of sp³-hybridized carbons (Fsp3) is 0.385. The molecule has 17 heavy (non-hydrogen) atoms. The van der Waals surface area contributed by atoms with Crippen molar-refractivity contribution >= 4 is 5.97 Å². The number of nitriles is 1. The first-order valence-electron chi connectivity index (χ1n) is 5.34. The summed E-state index contributed by atoms with van der Waals surface area (Å²) in [6.45, 7) is 1.71. The highest BCUT2D eigenvalue weighted by Crippen LogP contribution is 2.22. The molecule has 1 rings (SSSR count). The summed E-state index contributed by atoms with van der Waals surface area (Å²) in [5, 5.41) is 18.6. The van der Waals surface area contributed by atoms with Crippen LogP contribution in [-0.4, -0.2) is 18.2 Å². The van der Waals surface area contributed by atoms with Gasteiger partial charge in [0.05, 0.1) is 30.8 Å². The van der Waals surface area contributed by atoms with Crippen LogP contribution in [0.4, 0.5) is 0 Å². The molecule has 0 aromatic heterocycles. The predicted molar refractivity (Wildman–Crippen MR) is 61.9 cm³/mol. The van der Waals surface area contributed by atoms with Gasteiger partial charge in [-0.3, -0.25) is 4.79 Å². The molecule has 0 aliphatic rings. The molecule has 0 radical (unpaired) electrons. The maximum atomic E-state index is 11.2. The zero-order valence-electron chi connectivity index (χ0n) is 9.88. The average molecular weight is 233 g/mol. The van der Waals surface area contributed by atoms with Crippen molar-refractivity contribution in [3.05, 3.63) is 35.4 Å². The minimum Gasteiger partial charge on any atom is -0.469 e. The van der Waals surface area contributed by atoms with Gasteiger partial charge in [0, 0.05) is 0 Å². The molecule has 0 aliphatic carbocycles. The second-order valence-corrected chi connectivity index (χ2v) is 3.91. The summed E-state index contributed by atoms with van der Waals surface area (Å²) in [6.07, 6.45) is -0.421. The number of nitrogens with zero attached hydrogens (tertiary/aromatic N) is 1. The Labute approximate surface area is 100 Å². The number of ether oxygens (including phenoxy) is 1. The Morgan fingerprint density at radius 3 is 2.53 bits per heavy atom. The number of hydrogen-bond acceptors (Lipinski definition) is 4. The zero-order chi connectivity index (χ0) is 12.8. The van der Waals surface area contributed by atoms with E-state index in [1.807, 2.05) is 6.07 Å². The maximum absolute atomic E-state index is 11.2. The van der Waals surface area contributed by atoms with Crippen molar-refractivity contribution in [3.63, 3.8) is 0 Å². The number of rotatable bonds is 4. The van der Waals surface area contributed by atoms with Crippen LogP contribution in [0.3, 0.4) is 0 Å². The van der Waals surface area contributed by atoms with E-state index in [4.69, 9.17) is 5.26 Å². The third kappa shape index (κ3) is 3.58. The van der Waals surface area contributed by atoms with Crippen molar-refractivity contribution in [1.29, 1.82) is 5.26 Å². The quantitative estimate of drug-likeness (QED) is 0.805. The van der Waals surface area contributed by atoms with Gasteiger partial charge in [0.2, 0.25) is 0 Å². The van der Waals surface area contributed by atoms with Crippen LogP contribution in [0.15, 0.2) is 24.3 Å². The molecule has 2 unspecified atom stereocenters. The van der Waals surface area contributed by atoms with Gasteiger partial charge in [0.15, 0.2) is 0 Å². The van der Waals surface area contributed by atoms with Crippen LogP contribution >= 0.6 is 0 Å². The summed E-state index contributed by atoms with van der Waals surface area (Å²) in [4.78, 5) is 11.2. The fourth-order valence-corrected chi connectivity index (χ4v) is 1.55. The van der Waals surface area contributed by atoms with Crippen molar-refractivity contribution < 1.29 is 14.6 Å². The molecule has 0 spiro atoms. The SMILES string of the molecule is COC(=O)C(C)CC(O)c1ccc(C#N)cc1. The second kappa shape index (κ2) is 6.02. The minimum atomic E-state index is -0.725. The predicted octanol–water partition coefficient (Wildman–Crippen LogP) is 1.79. The Hall–Kier alpha value is -1.86. The first kappa shape index (κ1) is 13.2. The molecule has 2 atom stereocenters. The molecule has 1 aromatic rings. The van der Waals surface area contributed by atoms with Crippen molar-refractivity contribution in [1.82, 2.24) is 0 Å². The molecular formula is C13H15NO3. The molecule has 4 nitrogen and oxygen atoms in total. The second-order valence-electron chi connectivity index (χ2n) is 3.91. The number of hydrogen-bond donors (Lipinski definition) is 1. The highest BCUT2D eigenvalue weighted by Gasteiger charge is 2.18. The topological polar surface area (TPSA) is 70.3 Å². The molecule has 4 heteroatoms. The van der Waals surface area contributed by atoms with Crippen LogP contribution in [0.25, 0.3) is 0 Å². The number of aliphatic hydroxyl groups is 1. The molecule has 0 saturated carbocycles. The highest BCUT2D eigenvalue weighted by molar-refractivity contribution is 5.71. The normalized spacial score (nSPS) is 13.5. The minimum absolute atomic E-state index is 0.304. The van der Waals surface area contributed by atoms with E-state index in [1.54, 1.807) is 31.2 Å². The van der Waals surface area contributed by atoms with E-state index in [9.17, 15) is 9.90 Å². The number of methoxy groups -OCH3 is 1. The molecule has 0 heterocycles. The van der Waals surface area contributed by atoms with Crippen LogP contribution in [0.2, 0.25) is 0 Å². The zero-order valence-corrected chi connectivity index (χ0v) is 9.88. The van der Waals surface area contributed by atoms with Gasteiger partial charge in [-0.25, -0.2) is 0 Å². The van der Waals surface area contributed by atoms with Crippen molar-refractivity contribution in [2.75, 3.05) is 7.11 Å². The van der Waals surface area contributed by atoms with Gasteiger partial charge in [0.1, 0.15) is 0 Å². The van der Waals surface area contributed by atoms with Gasteiger partial charge in [-0.1, -0.05) is 19.1 Å². The molecule has 1 aromatic carbocycles. The molecule has 0 fully saturated rings. The van der Waals surface area contributed by atoms with Crippen molar-refractivity contribution in [3.8, 4) is 6.07 Å². The van der Waals surface area contributed by atoms with Crippen LogP contribution in [0.5, 0.6) is 0 Å². The lowest BCUT2D eigenvalue weighted by Crippen LogP contribution is -2.15. The first-order valence-corrected chi connectivity index (χ1v) is 5.34. The van der Waals surface area contributed by atoms with E-state index < -0.39 is 6.10 Å². The molecule has 0 saturated heterocycles. The van der Waals surface area contributed by atoms with E-state index in [2.05, 4.69) is 4.74 Å². The largest absolute Gasteiger partial charge is 0.469 e. The number of carbonyl (C=O) groups excluding carboxylic acids is 1. The smallest absolute Gasteiger partial charge is 0.308 e. The molecular weight excluding hydrogens is 218 g/mol. The van der Waals surface area contributed by atoms with Gasteiger partial charge in [-0.05, 0) is 24.1 Å². The van der Waals surface area contributed by atoms with Gasteiger partial charge in [0.25, 0.3) is 0 Å². The average Bonchev–Trinajstić information content (AvgIpc) is 2.37. The van der Waals surface area contributed by atoms with Gasteiger partial charge in [-0.2, -0.15) is 5.26 Å². The first-order chi connectivity index (χ1) is 8.08. The van der Waals surface area contributed by atoms with Gasteiger partial charge in [-0.15, -0.1) is 0 Å². The number of benzene rings is 1. The summed E-state index contributed by atoms with van der Waals surface area (Å²) in [5.74, 6) is -0.691. The molecule has 0 bridgehead atoms. The van der Waals surface area contributed by atoms with E-state index in [1.165, 1.54) is 7.11 Å². The monoisotopic (exact) mass is 233 g/mol. The van der Waals surface area contributed by atoms with E-state index >= 15 is 0 Å². The molecule has 0 aliphatic heterocycles. The van der Waals surface area contributed by atoms with Gasteiger partial charge >= 0.3 is 5.97 Å². The Bertz CT molecular complexity index is 419. The standard InChI is InChI=1S/C13H15NO3/c1-9(13(16)17-2)7-12(15)11-5-3-10(8-14)4-6-11/h3-6,9,12,15H,7H2,1-2H3. The summed E-state index contributed by atoms with van der Waals surface area (Å²) >= 11 is 0. The van der Waals surface area contributed by atoms with Gasteiger partial charge < -0.3 is 9.84 Å². The lowest BCUT2D eigenvalue weighted by atomic mass is 9.98. The third-order valence-corrected chi connectivity index (χ3v) is 2.60. The van der Waals surface area contributed by atoms with Crippen LogP contribution in [-0.2, 0) is 9.53 Å². The Morgan fingerprint density at radius 2 is 2.06 bits per heavy atom. The third-order valence-electron chi connectivity index (χ3n) is 2.60. The fourth-order valence-electron chi connectivity index (χ4n) is 1.55. The molecule has 0 amide bonds. The van der Waals surface area contributed by atoms with Crippen LogP contribution in [0.1, 0.15) is 30.6 Å². The lowest BCUT2D eigenvalue weighted by molar-refractivity contribution is -0.145. The van der Waals surface area contributed by atoms with Crippen LogP contribution in [0, 0.1) is 17.2 Å². The molecule has 1 N–H and O–H groups in total. The Morgan fingerprint density at radius 1 is 1.47 bits per heavy atom.